The summed E-state index contributed by atoms with van der Waals surface area (Å²) in [4.78, 5) is 53.6. The van der Waals surface area contributed by atoms with Crippen LogP contribution in [0.15, 0.2) is 27.9 Å². The zero-order valence-electron chi connectivity index (χ0n) is 17.7. The molecule has 0 aromatic carbocycles. The van der Waals surface area contributed by atoms with Crippen LogP contribution in [-0.2, 0) is 26.2 Å². The number of β-lactam (4-membered cyclic amide) rings is 1. The summed E-state index contributed by atoms with van der Waals surface area (Å²) >= 11 is 3.63. The van der Waals surface area contributed by atoms with E-state index in [1.807, 2.05) is 0 Å². The molecule has 2 aromatic rings. The molecule has 3 N–H and O–H groups in total. The molecule has 0 saturated carbocycles. The summed E-state index contributed by atoms with van der Waals surface area (Å²) in [6.45, 7) is 0. The van der Waals surface area contributed by atoms with E-state index in [9.17, 15) is 24.3 Å². The van der Waals surface area contributed by atoms with Gasteiger partial charge in [0, 0.05) is 30.0 Å². The van der Waals surface area contributed by atoms with Crippen LogP contribution in [0.3, 0.4) is 0 Å². The minimum Gasteiger partial charge on any atom is -0.477 e. The summed E-state index contributed by atoms with van der Waals surface area (Å²) in [6, 6.07) is 0.791. The SMILES string of the molecule is Cn1nnnc1SCC1=C(C(=O)O)N2C(=O)C(NC(=O)/C(=C/C#N)c3csc(NC=O)n3)[C@H]2SC1. The van der Waals surface area contributed by atoms with Crippen LogP contribution in [0, 0.1) is 11.3 Å². The minimum absolute atomic E-state index is 0.0851. The number of aryl methyl sites for hydroxylation is 1. The molecule has 180 valence electrons. The number of aliphatic carboxylic acids is 1. The lowest BCUT2D eigenvalue weighted by molar-refractivity contribution is -0.150. The number of tetrazole rings is 1. The molecule has 17 heteroatoms. The number of nitrogens with zero attached hydrogens (tertiary/aromatic N) is 7. The van der Waals surface area contributed by atoms with Gasteiger partial charge in [-0.2, -0.15) is 5.26 Å². The predicted octanol–water partition coefficient (Wildman–Crippen LogP) is -0.327. The quantitative estimate of drug-likeness (QED) is 0.125. The summed E-state index contributed by atoms with van der Waals surface area (Å²) in [7, 11) is 1.66. The maximum absolute atomic E-state index is 12.9. The van der Waals surface area contributed by atoms with E-state index in [2.05, 4.69) is 31.1 Å². The third kappa shape index (κ3) is 4.76. The molecule has 3 amide bonds. The first kappa shape index (κ1) is 24.4. The molecule has 2 aliphatic heterocycles. The number of aromatic nitrogens is 5. The fourth-order valence-corrected chi connectivity index (χ4v) is 6.35. The molecule has 35 heavy (non-hydrogen) atoms. The number of thiazole rings is 1. The molecule has 4 rings (SSSR count). The van der Waals surface area contributed by atoms with Gasteiger partial charge in [0.05, 0.1) is 17.3 Å². The van der Waals surface area contributed by atoms with Gasteiger partial charge in [-0.25, -0.2) is 14.5 Å². The molecule has 1 saturated heterocycles. The number of nitriles is 1. The Balaban J connectivity index is 1.49. The summed E-state index contributed by atoms with van der Waals surface area (Å²) in [6.07, 6.45) is 1.42. The number of allylic oxidation sites excluding steroid dienone is 1. The molecule has 2 aliphatic rings. The Hall–Kier alpha value is -3.75. The molecule has 1 fully saturated rings. The fraction of sp³-hybridized carbons (Fsp3) is 0.278. The maximum Gasteiger partial charge on any atom is 0.352 e. The second-order valence-electron chi connectivity index (χ2n) is 6.98. The lowest BCUT2D eigenvalue weighted by atomic mass is 10.0. The normalized spacial score (nSPS) is 19.5. The molecule has 0 spiro atoms. The van der Waals surface area contributed by atoms with Crippen LogP contribution in [0.5, 0.6) is 0 Å². The van der Waals surface area contributed by atoms with Gasteiger partial charge in [0.1, 0.15) is 17.1 Å². The second kappa shape index (κ2) is 10.2. The predicted molar refractivity (Wildman–Crippen MR) is 125 cm³/mol. The summed E-state index contributed by atoms with van der Waals surface area (Å²) in [5, 5.41) is 36.6. The van der Waals surface area contributed by atoms with Gasteiger partial charge in [0.25, 0.3) is 11.8 Å². The summed E-state index contributed by atoms with van der Waals surface area (Å²) in [5.74, 6) is -1.94. The van der Waals surface area contributed by atoms with Crippen LogP contribution < -0.4 is 10.6 Å². The van der Waals surface area contributed by atoms with Gasteiger partial charge in [0.15, 0.2) is 5.13 Å². The highest BCUT2D eigenvalue weighted by molar-refractivity contribution is 8.01. The van der Waals surface area contributed by atoms with Crippen molar-refractivity contribution in [1.82, 2.24) is 35.4 Å². The highest BCUT2D eigenvalue weighted by atomic mass is 32.2. The number of anilines is 1. The zero-order valence-corrected chi connectivity index (χ0v) is 20.2. The summed E-state index contributed by atoms with van der Waals surface area (Å²) < 4.78 is 1.46. The average molecular weight is 534 g/mol. The number of carbonyl (C=O) groups is 4. The molecule has 0 aliphatic carbocycles. The number of nitrogens with one attached hydrogen (secondary N) is 2. The van der Waals surface area contributed by atoms with Crippen molar-refractivity contribution in [2.75, 3.05) is 16.8 Å². The number of carboxylic acid groups (broad SMARTS) is 1. The number of thioether (sulfide) groups is 2. The van der Waals surface area contributed by atoms with Crippen molar-refractivity contribution >= 4 is 69.8 Å². The number of carbonyl (C=O) groups excluding carboxylic acids is 3. The van der Waals surface area contributed by atoms with Crippen LogP contribution in [0.4, 0.5) is 5.13 Å². The van der Waals surface area contributed by atoms with Crippen molar-refractivity contribution in [2.24, 2.45) is 7.05 Å². The number of hydrogen-bond acceptors (Lipinski definition) is 12. The van der Waals surface area contributed by atoms with Gasteiger partial charge in [-0.1, -0.05) is 11.8 Å². The van der Waals surface area contributed by atoms with E-state index in [4.69, 9.17) is 5.26 Å². The Morgan fingerprint density at radius 2 is 2.26 bits per heavy atom. The van der Waals surface area contributed by atoms with Crippen molar-refractivity contribution in [3.05, 3.63) is 28.4 Å². The Labute approximate surface area is 209 Å². The van der Waals surface area contributed by atoms with Crippen LogP contribution in [0.1, 0.15) is 5.69 Å². The summed E-state index contributed by atoms with van der Waals surface area (Å²) in [5.41, 5.74) is 0.483. The average Bonchev–Trinajstić information content (AvgIpc) is 3.47. The molecular formula is C18H15N9O5S3. The zero-order chi connectivity index (χ0) is 25.1. The smallest absolute Gasteiger partial charge is 0.352 e. The third-order valence-corrected chi connectivity index (χ3v) is 8.12. The van der Waals surface area contributed by atoms with E-state index >= 15 is 0 Å². The van der Waals surface area contributed by atoms with Crippen molar-refractivity contribution in [2.45, 2.75) is 16.6 Å². The minimum atomic E-state index is -1.25. The number of hydrogen-bond donors (Lipinski definition) is 3. The van der Waals surface area contributed by atoms with E-state index in [1.54, 1.807) is 13.1 Å². The Bertz CT molecular complexity index is 1310. The Kier molecular flexibility index (Phi) is 7.14. The number of amides is 3. The van der Waals surface area contributed by atoms with E-state index < -0.39 is 29.2 Å². The molecule has 0 radical (unpaired) electrons. The van der Waals surface area contributed by atoms with E-state index in [-0.39, 0.29) is 27.8 Å². The third-order valence-electron chi connectivity index (χ3n) is 4.91. The highest BCUT2D eigenvalue weighted by Crippen LogP contribution is 2.41. The van der Waals surface area contributed by atoms with E-state index in [0.29, 0.717) is 22.9 Å². The van der Waals surface area contributed by atoms with Crippen LogP contribution in [0.25, 0.3) is 5.57 Å². The molecule has 4 heterocycles. The first-order chi connectivity index (χ1) is 16.8. The highest BCUT2D eigenvalue weighted by Gasteiger charge is 2.54. The van der Waals surface area contributed by atoms with Gasteiger partial charge in [-0.05, 0) is 16.0 Å². The second-order valence-corrected chi connectivity index (χ2v) is 9.88. The molecule has 2 atom stereocenters. The lowest BCUT2D eigenvalue weighted by Gasteiger charge is -2.49. The number of fused-ring (bicyclic) bond motifs is 1. The number of rotatable bonds is 9. The maximum atomic E-state index is 12.9. The van der Waals surface area contributed by atoms with Crippen LogP contribution in [-0.4, -0.2) is 82.3 Å². The molecule has 0 bridgehead atoms. The topological polar surface area (TPSA) is 196 Å². The van der Waals surface area contributed by atoms with Gasteiger partial charge >= 0.3 is 5.97 Å². The van der Waals surface area contributed by atoms with Crippen molar-refractivity contribution in [3.8, 4) is 6.07 Å². The molecule has 2 aromatic heterocycles. The van der Waals surface area contributed by atoms with E-state index in [1.165, 1.54) is 33.6 Å². The Morgan fingerprint density at radius 1 is 1.46 bits per heavy atom. The van der Waals surface area contributed by atoms with Gasteiger partial charge < -0.3 is 15.7 Å². The Morgan fingerprint density at radius 3 is 2.91 bits per heavy atom. The fourth-order valence-electron chi connectivity index (χ4n) is 3.34. The van der Waals surface area contributed by atoms with Crippen LogP contribution >= 0.6 is 34.9 Å². The largest absolute Gasteiger partial charge is 0.477 e. The van der Waals surface area contributed by atoms with Gasteiger partial charge in [-0.15, -0.1) is 28.2 Å². The van der Waals surface area contributed by atoms with Crippen molar-refractivity contribution < 1.29 is 24.3 Å². The van der Waals surface area contributed by atoms with Crippen LogP contribution in [0.2, 0.25) is 0 Å². The van der Waals surface area contributed by atoms with E-state index in [0.717, 1.165) is 22.3 Å². The first-order valence-corrected chi connectivity index (χ1v) is 12.6. The van der Waals surface area contributed by atoms with Crippen molar-refractivity contribution in [3.63, 3.8) is 0 Å². The molecule has 1 unspecified atom stereocenters. The molecule has 14 nitrogen and oxygen atoms in total. The first-order valence-electron chi connectivity index (χ1n) is 9.67. The lowest BCUT2D eigenvalue weighted by Crippen LogP contribution is -2.70. The number of carboxylic acids is 1. The van der Waals surface area contributed by atoms with Crippen molar-refractivity contribution in [1.29, 1.82) is 5.26 Å². The van der Waals surface area contributed by atoms with Gasteiger partial charge in [0.2, 0.25) is 11.6 Å². The molecular weight excluding hydrogens is 518 g/mol. The monoisotopic (exact) mass is 533 g/mol. The van der Waals surface area contributed by atoms with Gasteiger partial charge in [-0.3, -0.25) is 19.3 Å². The standard InChI is InChI=1S/C18H15N9O5S3/c1-26-18(23-24-25-26)35-5-8-4-33-15-11(14(30)27(15)12(8)16(31)32)22-13(29)9(2-3-19)10-6-34-17(21-10)20-7-28/h2,6-7,11,15H,4-5H2,1H3,(H,22,29)(H,31,32)(H,20,21,28)/b9-2+/t11?,15-/m1/s1.